The number of hydrogen-bond donors (Lipinski definition) is 1. The molecule has 110 valence electrons. The molecule has 1 aromatic rings. The van der Waals surface area contributed by atoms with Crippen molar-refractivity contribution in [2.75, 3.05) is 0 Å². The quantitative estimate of drug-likeness (QED) is 0.769. The van der Waals surface area contributed by atoms with Gasteiger partial charge in [0, 0.05) is 12.1 Å². The molecule has 1 unspecified atom stereocenters. The summed E-state index contributed by atoms with van der Waals surface area (Å²) in [5, 5.41) is 3.97. The highest BCUT2D eigenvalue weighted by Crippen LogP contribution is 2.45. The third-order valence-corrected chi connectivity index (χ3v) is 5.11. The van der Waals surface area contributed by atoms with Gasteiger partial charge in [-0.1, -0.05) is 44.2 Å². The van der Waals surface area contributed by atoms with E-state index in [0.29, 0.717) is 6.04 Å². The predicted molar refractivity (Wildman–Crippen MR) is 85.9 cm³/mol. The van der Waals surface area contributed by atoms with Gasteiger partial charge < -0.3 is 5.32 Å². The van der Waals surface area contributed by atoms with Crippen molar-refractivity contribution >= 4 is 0 Å². The first-order valence-electron chi connectivity index (χ1n) is 8.38. The molecule has 1 aromatic carbocycles. The van der Waals surface area contributed by atoms with Crippen LogP contribution in [0.25, 0.3) is 0 Å². The van der Waals surface area contributed by atoms with E-state index in [-0.39, 0.29) is 5.41 Å². The molecule has 20 heavy (non-hydrogen) atoms. The number of hydrogen-bond acceptors (Lipinski definition) is 1. The minimum atomic E-state index is 0.255. The van der Waals surface area contributed by atoms with E-state index >= 15 is 0 Å². The van der Waals surface area contributed by atoms with Crippen molar-refractivity contribution in [3.8, 4) is 0 Å². The molecule has 3 rings (SSSR count). The van der Waals surface area contributed by atoms with Gasteiger partial charge in [0.15, 0.2) is 0 Å². The van der Waals surface area contributed by atoms with Crippen molar-refractivity contribution in [3.05, 3.63) is 35.9 Å². The van der Waals surface area contributed by atoms with Gasteiger partial charge in [-0.05, 0) is 61.8 Å². The highest BCUT2D eigenvalue weighted by Gasteiger charge is 2.42. The fraction of sp³-hybridized carbons (Fsp3) is 0.684. The van der Waals surface area contributed by atoms with Gasteiger partial charge in [0.05, 0.1) is 0 Å². The van der Waals surface area contributed by atoms with Crippen molar-refractivity contribution in [2.24, 2.45) is 11.8 Å². The number of rotatable bonds is 7. The third kappa shape index (κ3) is 3.44. The fourth-order valence-electron chi connectivity index (χ4n) is 3.73. The molecule has 1 N–H and O–H groups in total. The van der Waals surface area contributed by atoms with Crippen LogP contribution in [0.5, 0.6) is 0 Å². The molecule has 1 atom stereocenters. The molecular weight excluding hydrogens is 242 g/mol. The molecule has 2 aliphatic rings. The Hall–Kier alpha value is -0.820. The average Bonchev–Trinajstić information content (AvgIpc) is 3.29. The summed E-state index contributed by atoms with van der Waals surface area (Å²) in [6.07, 6.45) is 7.06. The summed E-state index contributed by atoms with van der Waals surface area (Å²) in [4.78, 5) is 0. The minimum Gasteiger partial charge on any atom is -0.311 e. The van der Waals surface area contributed by atoms with Crippen molar-refractivity contribution in [2.45, 2.75) is 70.4 Å². The van der Waals surface area contributed by atoms with Crippen LogP contribution < -0.4 is 5.32 Å². The lowest BCUT2D eigenvalue weighted by atomic mass is 9.79. The molecule has 0 aliphatic heterocycles. The monoisotopic (exact) mass is 271 g/mol. The van der Waals surface area contributed by atoms with Crippen LogP contribution in [0.15, 0.2) is 30.3 Å². The molecule has 0 amide bonds. The summed E-state index contributed by atoms with van der Waals surface area (Å²) in [7, 11) is 0. The maximum atomic E-state index is 3.97. The Bertz CT molecular complexity index is 416. The summed E-state index contributed by atoms with van der Waals surface area (Å²) in [6.45, 7) is 7.13. The smallest absolute Gasteiger partial charge is 0.0126 e. The molecule has 2 fully saturated rings. The molecule has 1 heteroatoms. The predicted octanol–water partition coefficient (Wildman–Crippen LogP) is 4.52. The lowest BCUT2D eigenvalue weighted by Gasteiger charge is -2.32. The van der Waals surface area contributed by atoms with Gasteiger partial charge in [-0.15, -0.1) is 0 Å². The molecule has 0 radical (unpaired) electrons. The Kier molecular flexibility index (Phi) is 3.90. The van der Waals surface area contributed by atoms with Gasteiger partial charge in [0.25, 0.3) is 0 Å². The van der Waals surface area contributed by atoms with Crippen LogP contribution in [0.1, 0.15) is 58.4 Å². The summed E-state index contributed by atoms with van der Waals surface area (Å²) < 4.78 is 0. The molecule has 0 heterocycles. The number of benzene rings is 1. The maximum absolute atomic E-state index is 3.97. The Morgan fingerprint density at radius 3 is 2.10 bits per heavy atom. The van der Waals surface area contributed by atoms with E-state index in [0.717, 1.165) is 17.9 Å². The fourth-order valence-corrected chi connectivity index (χ4v) is 3.73. The zero-order chi connectivity index (χ0) is 14.2. The molecule has 0 saturated heterocycles. The van der Waals surface area contributed by atoms with Gasteiger partial charge in [0.2, 0.25) is 0 Å². The van der Waals surface area contributed by atoms with Crippen LogP contribution in [-0.4, -0.2) is 12.1 Å². The van der Waals surface area contributed by atoms with E-state index in [1.807, 2.05) is 0 Å². The van der Waals surface area contributed by atoms with E-state index in [2.05, 4.69) is 56.4 Å². The first-order chi connectivity index (χ1) is 9.56. The summed E-state index contributed by atoms with van der Waals surface area (Å²) in [5.74, 6) is 1.98. The van der Waals surface area contributed by atoms with Crippen molar-refractivity contribution in [1.29, 1.82) is 0 Å². The van der Waals surface area contributed by atoms with Crippen molar-refractivity contribution < 1.29 is 0 Å². The topological polar surface area (TPSA) is 12.0 Å². The van der Waals surface area contributed by atoms with E-state index in [1.54, 1.807) is 0 Å². The van der Waals surface area contributed by atoms with Crippen LogP contribution >= 0.6 is 0 Å². The lowest BCUT2D eigenvalue weighted by Crippen LogP contribution is -2.42. The van der Waals surface area contributed by atoms with E-state index < -0.39 is 0 Å². The first kappa shape index (κ1) is 14.1. The lowest BCUT2D eigenvalue weighted by molar-refractivity contribution is 0.320. The molecule has 2 saturated carbocycles. The average molecular weight is 271 g/mol. The van der Waals surface area contributed by atoms with Crippen LogP contribution in [0, 0.1) is 11.8 Å². The Morgan fingerprint density at radius 2 is 1.60 bits per heavy atom. The number of nitrogens with one attached hydrogen (secondary N) is 1. The second-order valence-corrected chi connectivity index (χ2v) is 7.72. The Morgan fingerprint density at radius 1 is 1.05 bits per heavy atom. The van der Waals surface area contributed by atoms with Crippen LogP contribution in [0.3, 0.4) is 0 Å². The van der Waals surface area contributed by atoms with Gasteiger partial charge in [-0.3, -0.25) is 0 Å². The summed E-state index contributed by atoms with van der Waals surface area (Å²) >= 11 is 0. The standard InChI is InChI=1S/C19H29N/c1-14(20-18(15-9-10-15)16-11-12-16)13-19(2,3)17-7-5-4-6-8-17/h4-8,14-16,18,20H,9-13H2,1-3H3. The summed E-state index contributed by atoms with van der Waals surface area (Å²) in [5.41, 5.74) is 1.72. The zero-order valence-corrected chi connectivity index (χ0v) is 13.2. The normalized spacial score (nSPS) is 21.2. The molecular formula is C19H29N. The highest BCUT2D eigenvalue weighted by molar-refractivity contribution is 5.23. The first-order valence-corrected chi connectivity index (χ1v) is 8.38. The third-order valence-electron chi connectivity index (χ3n) is 5.11. The largest absolute Gasteiger partial charge is 0.311 e. The van der Waals surface area contributed by atoms with E-state index in [1.165, 1.54) is 37.7 Å². The van der Waals surface area contributed by atoms with E-state index in [9.17, 15) is 0 Å². The highest BCUT2D eigenvalue weighted by atomic mass is 15.0. The second-order valence-electron chi connectivity index (χ2n) is 7.72. The van der Waals surface area contributed by atoms with Gasteiger partial charge in [-0.25, -0.2) is 0 Å². The van der Waals surface area contributed by atoms with E-state index in [4.69, 9.17) is 0 Å². The maximum Gasteiger partial charge on any atom is 0.0126 e. The Labute approximate surface area is 124 Å². The molecule has 0 aromatic heterocycles. The van der Waals surface area contributed by atoms with Crippen molar-refractivity contribution in [1.82, 2.24) is 5.32 Å². The molecule has 0 bridgehead atoms. The summed E-state index contributed by atoms with van der Waals surface area (Å²) in [6, 6.07) is 12.4. The Balaban J connectivity index is 1.58. The van der Waals surface area contributed by atoms with Crippen LogP contribution in [-0.2, 0) is 5.41 Å². The van der Waals surface area contributed by atoms with Gasteiger partial charge in [0.1, 0.15) is 0 Å². The molecule has 2 aliphatic carbocycles. The SMILES string of the molecule is CC(CC(C)(C)c1ccccc1)NC(C1CC1)C1CC1. The zero-order valence-electron chi connectivity index (χ0n) is 13.2. The van der Waals surface area contributed by atoms with Crippen LogP contribution in [0.2, 0.25) is 0 Å². The van der Waals surface area contributed by atoms with Gasteiger partial charge >= 0.3 is 0 Å². The van der Waals surface area contributed by atoms with Gasteiger partial charge in [-0.2, -0.15) is 0 Å². The van der Waals surface area contributed by atoms with Crippen molar-refractivity contribution in [3.63, 3.8) is 0 Å². The second kappa shape index (κ2) is 5.52. The van der Waals surface area contributed by atoms with Crippen LogP contribution in [0.4, 0.5) is 0 Å². The minimum absolute atomic E-state index is 0.255. The molecule has 0 spiro atoms. The molecule has 1 nitrogen and oxygen atoms in total.